The Balaban J connectivity index is 2.33. The van der Waals surface area contributed by atoms with Gasteiger partial charge in [0.2, 0.25) is 0 Å². The molecule has 0 spiro atoms. The van der Waals surface area contributed by atoms with Crippen molar-refractivity contribution in [1.82, 2.24) is 0 Å². The third-order valence-electron chi connectivity index (χ3n) is 3.46. The second-order valence-electron chi connectivity index (χ2n) is 4.73. The minimum atomic E-state index is -0.824. The van der Waals surface area contributed by atoms with Crippen molar-refractivity contribution >= 4 is 23.2 Å². The molecule has 2 unspecified atom stereocenters. The minimum Gasteiger partial charge on any atom is -0.497 e. The van der Waals surface area contributed by atoms with Gasteiger partial charge in [0.05, 0.1) is 13.2 Å². The quantitative estimate of drug-likeness (QED) is 0.879. The highest BCUT2D eigenvalue weighted by atomic mass is 35.5. The van der Waals surface area contributed by atoms with E-state index in [2.05, 4.69) is 0 Å². The van der Waals surface area contributed by atoms with Gasteiger partial charge in [-0.3, -0.25) is 0 Å². The van der Waals surface area contributed by atoms with Gasteiger partial charge in [0.1, 0.15) is 5.75 Å². The number of halogens is 2. The van der Waals surface area contributed by atoms with E-state index >= 15 is 0 Å². The molecule has 21 heavy (non-hydrogen) atoms. The Morgan fingerprint density at radius 2 is 1.81 bits per heavy atom. The fourth-order valence-electron chi connectivity index (χ4n) is 2.26. The Kier molecular flexibility index (Phi) is 5.48. The van der Waals surface area contributed by atoms with Crippen LogP contribution in [0, 0.1) is 0 Å². The maximum atomic E-state index is 10.6. The Bertz CT molecular complexity index is 602. The third kappa shape index (κ3) is 3.69. The summed E-state index contributed by atoms with van der Waals surface area (Å²) < 4.78 is 5.13. The van der Waals surface area contributed by atoms with Gasteiger partial charge in [-0.05, 0) is 35.9 Å². The summed E-state index contributed by atoms with van der Waals surface area (Å²) in [5, 5.41) is 11.6. The maximum absolute atomic E-state index is 10.6. The van der Waals surface area contributed by atoms with E-state index < -0.39 is 6.10 Å². The number of hydrogen-bond donors (Lipinski definition) is 2. The van der Waals surface area contributed by atoms with Crippen LogP contribution < -0.4 is 10.5 Å². The van der Waals surface area contributed by atoms with Crippen molar-refractivity contribution in [3.63, 3.8) is 0 Å². The molecule has 0 aliphatic carbocycles. The average molecular weight is 326 g/mol. The van der Waals surface area contributed by atoms with Crippen molar-refractivity contribution in [3.05, 3.63) is 63.6 Å². The summed E-state index contributed by atoms with van der Waals surface area (Å²) in [6.45, 7) is 0.288. The van der Waals surface area contributed by atoms with Crippen molar-refractivity contribution in [2.75, 3.05) is 13.7 Å². The zero-order valence-electron chi connectivity index (χ0n) is 11.6. The molecule has 112 valence electrons. The lowest BCUT2D eigenvalue weighted by Gasteiger charge is -2.23. The molecule has 0 bridgehead atoms. The number of hydrogen-bond acceptors (Lipinski definition) is 3. The molecule has 0 radical (unpaired) electrons. The van der Waals surface area contributed by atoms with E-state index in [1.165, 1.54) is 0 Å². The van der Waals surface area contributed by atoms with Gasteiger partial charge in [-0.25, -0.2) is 0 Å². The molecular formula is C16H17Cl2NO2. The maximum Gasteiger partial charge on any atom is 0.118 e. The molecule has 2 atom stereocenters. The predicted octanol–water partition coefficient (Wildman–Crippen LogP) is 3.78. The number of ether oxygens (including phenoxy) is 1. The molecule has 0 saturated heterocycles. The molecule has 0 aromatic heterocycles. The third-order valence-corrected chi connectivity index (χ3v) is 4.04. The molecule has 2 aromatic rings. The second-order valence-corrected chi connectivity index (χ2v) is 5.57. The SMILES string of the molecule is COc1ccc(C(CN)C(O)c2cc(Cl)ccc2Cl)cc1. The van der Waals surface area contributed by atoms with Crippen LogP contribution in [0.3, 0.4) is 0 Å². The number of aliphatic hydroxyl groups is 1. The summed E-state index contributed by atoms with van der Waals surface area (Å²) in [7, 11) is 1.61. The standard InChI is InChI=1S/C16H17Cl2NO2/c1-21-12-5-2-10(3-6-12)14(9-19)16(20)13-8-11(17)4-7-15(13)18/h2-8,14,16,20H,9,19H2,1H3. The summed E-state index contributed by atoms with van der Waals surface area (Å²) in [6.07, 6.45) is -0.824. The molecule has 2 rings (SSSR count). The van der Waals surface area contributed by atoms with Gasteiger partial charge in [-0.15, -0.1) is 0 Å². The Hall–Kier alpha value is -1.26. The molecule has 0 aliphatic rings. The first-order valence-corrected chi connectivity index (χ1v) is 7.29. The Morgan fingerprint density at radius 3 is 2.38 bits per heavy atom. The van der Waals surface area contributed by atoms with Crippen LogP contribution in [0.5, 0.6) is 5.75 Å². The molecular weight excluding hydrogens is 309 g/mol. The van der Waals surface area contributed by atoms with Gasteiger partial charge in [0, 0.05) is 28.1 Å². The zero-order valence-corrected chi connectivity index (χ0v) is 13.1. The van der Waals surface area contributed by atoms with E-state index in [9.17, 15) is 5.11 Å². The Morgan fingerprint density at radius 1 is 1.14 bits per heavy atom. The van der Waals surface area contributed by atoms with E-state index in [0.29, 0.717) is 15.6 Å². The summed E-state index contributed by atoms with van der Waals surface area (Å²) >= 11 is 12.1. The van der Waals surface area contributed by atoms with Crippen LogP contribution in [0.1, 0.15) is 23.1 Å². The lowest BCUT2D eigenvalue weighted by atomic mass is 9.89. The first-order valence-electron chi connectivity index (χ1n) is 6.54. The summed E-state index contributed by atoms with van der Waals surface area (Å²) in [5.74, 6) is 0.483. The smallest absolute Gasteiger partial charge is 0.118 e. The lowest BCUT2D eigenvalue weighted by Crippen LogP contribution is -2.20. The second kappa shape index (κ2) is 7.14. The number of nitrogens with two attached hydrogens (primary N) is 1. The van der Waals surface area contributed by atoms with Crippen LogP contribution >= 0.6 is 23.2 Å². The van der Waals surface area contributed by atoms with Crippen molar-refractivity contribution in [3.8, 4) is 5.75 Å². The molecule has 3 N–H and O–H groups in total. The van der Waals surface area contributed by atoms with E-state index in [-0.39, 0.29) is 12.5 Å². The molecule has 0 saturated carbocycles. The average Bonchev–Trinajstić information content (AvgIpc) is 2.51. The van der Waals surface area contributed by atoms with Crippen LogP contribution in [0.15, 0.2) is 42.5 Å². The van der Waals surface area contributed by atoms with Gasteiger partial charge in [-0.1, -0.05) is 35.3 Å². The van der Waals surface area contributed by atoms with Crippen molar-refractivity contribution < 1.29 is 9.84 Å². The Labute approximate surface area is 134 Å². The molecule has 5 heteroatoms. The molecule has 0 amide bonds. The number of aliphatic hydroxyl groups excluding tert-OH is 1. The number of methoxy groups -OCH3 is 1. The normalized spacial score (nSPS) is 13.8. The number of rotatable bonds is 5. The fourth-order valence-corrected chi connectivity index (χ4v) is 2.67. The predicted molar refractivity (Wildman–Crippen MR) is 86.2 cm³/mol. The van der Waals surface area contributed by atoms with Gasteiger partial charge in [0.15, 0.2) is 0 Å². The largest absolute Gasteiger partial charge is 0.497 e. The van der Waals surface area contributed by atoms with Crippen LogP contribution in [0.4, 0.5) is 0 Å². The first kappa shape index (κ1) is 16.1. The molecule has 0 heterocycles. The summed E-state index contributed by atoms with van der Waals surface area (Å²) in [5.41, 5.74) is 7.33. The van der Waals surface area contributed by atoms with E-state index in [1.54, 1.807) is 25.3 Å². The molecule has 2 aromatic carbocycles. The van der Waals surface area contributed by atoms with Gasteiger partial charge >= 0.3 is 0 Å². The fraction of sp³-hybridized carbons (Fsp3) is 0.250. The van der Waals surface area contributed by atoms with Crippen molar-refractivity contribution in [2.24, 2.45) is 5.73 Å². The summed E-state index contributed by atoms with van der Waals surface area (Å²) in [4.78, 5) is 0. The zero-order chi connectivity index (χ0) is 15.4. The van der Waals surface area contributed by atoms with Crippen LogP contribution in [0.2, 0.25) is 10.0 Å². The van der Waals surface area contributed by atoms with Crippen molar-refractivity contribution in [2.45, 2.75) is 12.0 Å². The highest BCUT2D eigenvalue weighted by molar-refractivity contribution is 6.33. The van der Waals surface area contributed by atoms with Gasteiger partial charge in [0.25, 0.3) is 0 Å². The van der Waals surface area contributed by atoms with E-state index in [1.807, 2.05) is 24.3 Å². The highest BCUT2D eigenvalue weighted by Gasteiger charge is 2.23. The van der Waals surface area contributed by atoms with E-state index in [4.69, 9.17) is 33.7 Å². The number of benzene rings is 2. The van der Waals surface area contributed by atoms with Gasteiger partial charge < -0.3 is 15.6 Å². The van der Waals surface area contributed by atoms with Gasteiger partial charge in [-0.2, -0.15) is 0 Å². The highest BCUT2D eigenvalue weighted by Crippen LogP contribution is 2.35. The molecule has 0 aliphatic heterocycles. The van der Waals surface area contributed by atoms with E-state index in [0.717, 1.165) is 11.3 Å². The summed E-state index contributed by atoms with van der Waals surface area (Å²) in [6, 6.07) is 12.5. The van der Waals surface area contributed by atoms with Crippen LogP contribution in [0.25, 0.3) is 0 Å². The monoisotopic (exact) mass is 325 g/mol. The minimum absolute atomic E-state index is 0.271. The molecule has 0 fully saturated rings. The van der Waals surface area contributed by atoms with Crippen LogP contribution in [-0.2, 0) is 0 Å². The first-order chi connectivity index (χ1) is 10.1. The lowest BCUT2D eigenvalue weighted by molar-refractivity contribution is 0.147. The van der Waals surface area contributed by atoms with Crippen molar-refractivity contribution in [1.29, 1.82) is 0 Å². The molecule has 3 nitrogen and oxygen atoms in total. The van der Waals surface area contributed by atoms with Crippen LogP contribution in [-0.4, -0.2) is 18.8 Å². The topological polar surface area (TPSA) is 55.5 Å².